The average molecular weight is 466 g/mol. The smallest absolute Gasteiger partial charge is 0.0289 e. The minimum atomic E-state index is 0.847. The third-order valence-corrected chi connectivity index (χ3v) is 6.02. The number of hydrogen-bond acceptors (Lipinski definition) is 0. The third-order valence-electron chi connectivity index (χ3n) is 4.81. The Morgan fingerprint density at radius 3 is 1.35 bits per heavy atom. The Labute approximate surface area is 171 Å². The molecular formula is C24H18Br2. The fourth-order valence-corrected chi connectivity index (χ4v) is 4.57. The molecule has 0 aliphatic carbocycles. The molecule has 0 N–H and O–H groups in total. The van der Waals surface area contributed by atoms with Crippen molar-refractivity contribution in [3.8, 4) is 22.3 Å². The van der Waals surface area contributed by atoms with E-state index in [1.807, 2.05) is 0 Å². The molecule has 0 aliphatic heterocycles. The lowest BCUT2D eigenvalue weighted by atomic mass is 9.89. The van der Waals surface area contributed by atoms with Crippen LogP contribution in [0.3, 0.4) is 0 Å². The number of rotatable bonds is 4. The highest BCUT2D eigenvalue weighted by Gasteiger charge is 2.13. The molecule has 128 valence electrons. The first-order valence-corrected chi connectivity index (χ1v) is 10.9. The quantitative estimate of drug-likeness (QED) is 0.268. The van der Waals surface area contributed by atoms with Crippen LogP contribution in [0.1, 0.15) is 11.1 Å². The van der Waals surface area contributed by atoms with E-state index >= 15 is 0 Å². The van der Waals surface area contributed by atoms with Crippen LogP contribution in [-0.4, -0.2) is 0 Å². The molecule has 0 aromatic heterocycles. The summed E-state index contributed by atoms with van der Waals surface area (Å²) in [4.78, 5) is 0. The summed E-state index contributed by atoms with van der Waals surface area (Å²) < 4.78 is 0. The molecule has 4 aromatic rings. The van der Waals surface area contributed by atoms with Crippen LogP contribution >= 0.6 is 31.9 Å². The Morgan fingerprint density at radius 2 is 0.885 bits per heavy atom. The van der Waals surface area contributed by atoms with E-state index in [1.54, 1.807) is 0 Å². The van der Waals surface area contributed by atoms with Crippen molar-refractivity contribution in [2.45, 2.75) is 10.7 Å². The zero-order valence-corrected chi connectivity index (χ0v) is 17.4. The van der Waals surface area contributed by atoms with E-state index in [2.05, 4.69) is 117 Å². The predicted octanol–water partition coefficient (Wildman–Crippen LogP) is 7.96. The summed E-state index contributed by atoms with van der Waals surface area (Å²) in [5.41, 5.74) is 7.78. The van der Waals surface area contributed by atoms with E-state index in [9.17, 15) is 0 Å². The van der Waals surface area contributed by atoms with Crippen molar-refractivity contribution in [1.29, 1.82) is 0 Å². The summed E-state index contributed by atoms with van der Waals surface area (Å²) in [6.07, 6.45) is 0. The van der Waals surface area contributed by atoms with E-state index in [0.29, 0.717) is 0 Å². The molecule has 0 fully saturated rings. The van der Waals surface area contributed by atoms with Gasteiger partial charge >= 0.3 is 0 Å². The van der Waals surface area contributed by atoms with Gasteiger partial charge in [0.25, 0.3) is 0 Å². The molecule has 0 bridgehead atoms. The molecule has 4 aromatic carbocycles. The lowest BCUT2D eigenvalue weighted by molar-refractivity contribution is 1.42. The monoisotopic (exact) mass is 464 g/mol. The van der Waals surface area contributed by atoms with Crippen LogP contribution in [-0.2, 0) is 10.7 Å². The lowest BCUT2D eigenvalue weighted by Crippen LogP contribution is -1.92. The zero-order valence-electron chi connectivity index (χ0n) is 14.3. The first-order chi connectivity index (χ1) is 12.8. The zero-order chi connectivity index (χ0) is 17.9. The minimum absolute atomic E-state index is 0.847. The Hall–Kier alpha value is -1.90. The molecule has 2 heteroatoms. The summed E-state index contributed by atoms with van der Waals surface area (Å²) in [5, 5.41) is 4.28. The highest BCUT2D eigenvalue weighted by molar-refractivity contribution is 9.08. The van der Waals surface area contributed by atoms with Crippen LogP contribution in [0.2, 0.25) is 0 Å². The predicted molar refractivity (Wildman–Crippen MR) is 120 cm³/mol. The fraction of sp³-hybridized carbons (Fsp3) is 0.0833. The highest BCUT2D eigenvalue weighted by atomic mass is 79.9. The van der Waals surface area contributed by atoms with Gasteiger partial charge in [0.2, 0.25) is 0 Å². The van der Waals surface area contributed by atoms with Gasteiger partial charge in [-0.2, -0.15) is 0 Å². The van der Waals surface area contributed by atoms with Crippen LogP contribution in [0.25, 0.3) is 33.0 Å². The first kappa shape index (κ1) is 17.5. The van der Waals surface area contributed by atoms with E-state index in [1.165, 1.54) is 44.2 Å². The second-order valence-electron chi connectivity index (χ2n) is 6.29. The third kappa shape index (κ3) is 3.13. The van der Waals surface area contributed by atoms with Gasteiger partial charge in [-0.1, -0.05) is 117 Å². The van der Waals surface area contributed by atoms with Gasteiger partial charge in [0.1, 0.15) is 0 Å². The van der Waals surface area contributed by atoms with E-state index in [4.69, 9.17) is 0 Å². The van der Waals surface area contributed by atoms with Crippen LogP contribution in [0.15, 0.2) is 84.9 Å². The number of fused-ring (bicyclic) bond motifs is 1. The van der Waals surface area contributed by atoms with Crippen molar-refractivity contribution in [2.24, 2.45) is 0 Å². The van der Waals surface area contributed by atoms with Crippen molar-refractivity contribution in [3.05, 3.63) is 96.1 Å². The maximum atomic E-state index is 3.65. The summed E-state index contributed by atoms with van der Waals surface area (Å²) in [6, 6.07) is 30.5. The maximum Gasteiger partial charge on any atom is 0.0289 e. The summed E-state index contributed by atoms with van der Waals surface area (Å²) in [7, 11) is 0. The Morgan fingerprint density at radius 1 is 0.462 bits per heavy atom. The molecule has 0 nitrogen and oxygen atoms in total. The van der Waals surface area contributed by atoms with Crippen molar-refractivity contribution < 1.29 is 0 Å². The van der Waals surface area contributed by atoms with Crippen LogP contribution in [0.5, 0.6) is 0 Å². The molecule has 0 saturated carbocycles. The van der Waals surface area contributed by atoms with Crippen molar-refractivity contribution in [1.82, 2.24) is 0 Å². The second-order valence-corrected chi connectivity index (χ2v) is 7.41. The van der Waals surface area contributed by atoms with Crippen LogP contribution in [0.4, 0.5) is 0 Å². The molecule has 0 amide bonds. The molecule has 0 aliphatic rings. The summed E-state index contributed by atoms with van der Waals surface area (Å²) in [6.45, 7) is 0. The molecule has 0 saturated heterocycles. The van der Waals surface area contributed by atoms with Gasteiger partial charge in [0, 0.05) is 10.7 Å². The van der Waals surface area contributed by atoms with Gasteiger partial charge in [0.05, 0.1) is 0 Å². The largest absolute Gasteiger partial charge is 0.0876 e. The number of benzene rings is 4. The Kier molecular flexibility index (Phi) is 5.23. The highest BCUT2D eigenvalue weighted by Crippen LogP contribution is 2.39. The van der Waals surface area contributed by atoms with Gasteiger partial charge in [-0.25, -0.2) is 0 Å². The van der Waals surface area contributed by atoms with Crippen molar-refractivity contribution >= 4 is 42.6 Å². The number of alkyl halides is 2. The first-order valence-electron chi connectivity index (χ1n) is 8.63. The second kappa shape index (κ2) is 7.77. The Balaban J connectivity index is 2.08. The molecule has 0 unspecified atom stereocenters. The van der Waals surface area contributed by atoms with E-state index < -0.39 is 0 Å². The van der Waals surface area contributed by atoms with Gasteiger partial charge in [-0.3, -0.25) is 0 Å². The van der Waals surface area contributed by atoms with Gasteiger partial charge in [-0.05, 0) is 44.2 Å². The van der Waals surface area contributed by atoms with Crippen molar-refractivity contribution in [2.75, 3.05) is 0 Å². The number of halogens is 2. The molecule has 0 atom stereocenters. The van der Waals surface area contributed by atoms with Gasteiger partial charge in [-0.15, -0.1) is 0 Å². The SMILES string of the molecule is BrCc1ccccc1-c1cccc2cccc(-c3ccccc3CBr)c12. The Bertz CT molecular complexity index is 984. The molecular weight excluding hydrogens is 448 g/mol. The van der Waals surface area contributed by atoms with Crippen LogP contribution < -0.4 is 0 Å². The van der Waals surface area contributed by atoms with Gasteiger partial charge < -0.3 is 0 Å². The summed E-state index contributed by atoms with van der Waals surface area (Å²) >= 11 is 7.30. The maximum absolute atomic E-state index is 3.65. The molecule has 26 heavy (non-hydrogen) atoms. The fourth-order valence-electron chi connectivity index (χ4n) is 3.59. The molecule has 0 spiro atoms. The number of hydrogen-bond donors (Lipinski definition) is 0. The lowest BCUT2D eigenvalue weighted by Gasteiger charge is -2.16. The van der Waals surface area contributed by atoms with Crippen LogP contribution in [0, 0.1) is 0 Å². The topological polar surface area (TPSA) is 0 Å². The van der Waals surface area contributed by atoms with E-state index in [-0.39, 0.29) is 0 Å². The average Bonchev–Trinajstić information content (AvgIpc) is 2.72. The summed E-state index contributed by atoms with van der Waals surface area (Å²) in [5.74, 6) is 0. The van der Waals surface area contributed by atoms with Crippen molar-refractivity contribution in [3.63, 3.8) is 0 Å². The van der Waals surface area contributed by atoms with E-state index in [0.717, 1.165) is 10.7 Å². The minimum Gasteiger partial charge on any atom is -0.0876 e. The van der Waals surface area contributed by atoms with Gasteiger partial charge in [0.15, 0.2) is 0 Å². The normalized spacial score (nSPS) is 11.0. The molecule has 0 radical (unpaired) electrons. The molecule has 0 heterocycles. The standard InChI is InChI=1S/C24H18Br2/c25-15-18-7-1-3-11-20(18)22-13-5-9-17-10-6-14-23(24(17)22)21-12-4-2-8-19(21)16-26/h1-14H,15-16H2. The molecule has 4 rings (SSSR count).